The number of ether oxygens (including phenoxy) is 1. The van der Waals surface area contributed by atoms with E-state index in [9.17, 15) is 10.0 Å². The Bertz CT molecular complexity index is 275. The van der Waals surface area contributed by atoms with Gasteiger partial charge in [-0.15, -0.1) is 0 Å². The summed E-state index contributed by atoms with van der Waals surface area (Å²) in [7, 11) is 0. The van der Waals surface area contributed by atoms with E-state index in [0.29, 0.717) is 0 Å². The summed E-state index contributed by atoms with van der Waals surface area (Å²) < 4.78 is 8.56. The maximum absolute atomic E-state index is 10.9. The molecule has 0 saturated heterocycles. The second-order valence-electron chi connectivity index (χ2n) is 1.88. The normalized spacial score (nSPS) is 9.75. The van der Waals surface area contributed by atoms with E-state index in [1.165, 1.54) is 0 Å². The van der Waals surface area contributed by atoms with Gasteiger partial charge in [0, 0.05) is 0 Å². The Morgan fingerprint density at radius 2 is 2.58 bits per heavy atom. The lowest BCUT2D eigenvalue weighted by molar-refractivity contribution is -0.804. The number of anilines is 1. The van der Waals surface area contributed by atoms with Crippen LogP contribution in [-0.2, 0) is 4.74 Å². The van der Waals surface area contributed by atoms with Gasteiger partial charge in [0.2, 0.25) is 0 Å². The van der Waals surface area contributed by atoms with Gasteiger partial charge in [-0.05, 0) is 11.8 Å². The Kier molecular flexibility index (Phi) is 2.13. The van der Waals surface area contributed by atoms with Crippen LogP contribution in [0.3, 0.4) is 0 Å². The molecule has 0 bridgehead atoms. The van der Waals surface area contributed by atoms with Crippen LogP contribution in [0.2, 0.25) is 0 Å². The van der Waals surface area contributed by atoms with Crippen LogP contribution < -0.4 is 10.6 Å². The zero-order valence-corrected chi connectivity index (χ0v) is 6.31. The number of carbonyl (C=O) groups excluding carboxylic acids is 1. The molecule has 0 saturated carbocycles. The molecule has 1 aromatic heterocycles. The largest absolute Gasteiger partial charge is 0.459 e. The van der Waals surface area contributed by atoms with E-state index in [-0.39, 0.29) is 17.3 Å². The van der Waals surface area contributed by atoms with Crippen molar-refractivity contribution in [3.63, 3.8) is 0 Å². The first-order valence-electron chi connectivity index (χ1n) is 3.19. The maximum Gasteiger partial charge on any atom is 0.389 e. The average Bonchev–Trinajstić information content (AvgIpc) is 2.32. The second kappa shape index (κ2) is 3.07. The number of hydrogen-bond donors (Lipinski definition) is 1. The Morgan fingerprint density at radius 1 is 1.92 bits per heavy atom. The minimum absolute atomic E-state index is 0.0900. The van der Waals surface area contributed by atoms with Crippen molar-refractivity contribution in [2.45, 2.75) is 6.92 Å². The number of rotatable bonds is 2. The SMILES string of the molecule is CCOC(=O)c1c(N)no[n+]1[O-]. The molecule has 0 aliphatic heterocycles. The summed E-state index contributed by atoms with van der Waals surface area (Å²) in [5.74, 6) is -1.12. The number of nitrogens with zero attached hydrogens (tertiary/aromatic N) is 2. The summed E-state index contributed by atoms with van der Waals surface area (Å²) in [6.45, 7) is 1.76. The standard InChI is InChI=1S/C5H7N3O4/c1-2-11-5(9)3-4(6)7-12-8(3)10/h2H2,1H3,(H2,6,7). The van der Waals surface area contributed by atoms with Crippen LogP contribution in [0.15, 0.2) is 4.63 Å². The molecule has 0 radical (unpaired) electrons. The highest BCUT2D eigenvalue weighted by Crippen LogP contribution is 2.03. The number of esters is 1. The van der Waals surface area contributed by atoms with Gasteiger partial charge in [0.05, 0.1) is 11.8 Å². The van der Waals surface area contributed by atoms with Crippen molar-refractivity contribution >= 4 is 11.8 Å². The summed E-state index contributed by atoms with van der Waals surface area (Å²) in [6, 6.07) is 0. The molecule has 1 rings (SSSR count). The minimum Gasteiger partial charge on any atom is -0.459 e. The molecular formula is C5H7N3O4. The zero-order chi connectivity index (χ0) is 9.14. The fraction of sp³-hybridized carbons (Fsp3) is 0.400. The van der Waals surface area contributed by atoms with Crippen LogP contribution in [0, 0.1) is 5.21 Å². The van der Waals surface area contributed by atoms with Gasteiger partial charge in [-0.3, -0.25) is 4.63 Å². The van der Waals surface area contributed by atoms with Crippen molar-refractivity contribution in [1.29, 1.82) is 0 Å². The first kappa shape index (κ1) is 8.31. The third-order valence-electron chi connectivity index (χ3n) is 1.11. The highest BCUT2D eigenvalue weighted by molar-refractivity contribution is 5.89. The summed E-state index contributed by atoms with van der Waals surface area (Å²) in [6.07, 6.45) is 0. The van der Waals surface area contributed by atoms with Gasteiger partial charge in [-0.2, -0.15) is 0 Å². The fourth-order valence-corrected chi connectivity index (χ4v) is 0.637. The van der Waals surface area contributed by atoms with Crippen molar-refractivity contribution in [3.8, 4) is 0 Å². The van der Waals surface area contributed by atoms with E-state index >= 15 is 0 Å². The molecule has 0 aromatic carbocycles. The third kappa shape index (κ3) is 1.29. The number of aromatic nitrogens is 2. The van der Waals surface area contributed by atoms with Gasteiger partial charge < -0.3 is 15.7 Å². The molecule has 2 N–H and O–H groups in total. The first-order chi connectivity index (χ1) is 5.66. The van der Waals surface area contributed by atoms with Gasteiger partial charge in [0.15, 0.2) is 0 Å². The lowest BCUT2D eigenvalue weighted by Gasteiger charge is -1.96. The molecule has 0 spiro atoms. The Morgan fingerprint density at radius 3 is 3.00 bits per heavy atom. The van der Waals surface area contributed by atoms with Crippen LogP contribution in [0.4, 0.5) is 5.82 Å². The predicted octanol–water partition coefficient (Wildman–Crippen LogP) is -0.933. The molecule has 1 heterocycles. The highest BCUT2D eigenvalue weighted by atomic mass is 16.8. The molecule has 0 atom stereocenters. The Hall–Kier alpha value is -1.79. The van der Waals surface area contributed by atoms with Crippen molar-refractivity contribution in [3.05, 3.63) is 10.9 Å². The van der Waals surface area contributed by atoms with Gasteiger partial charge in [-0.1, -0.05) is 0 Å². The van der Waals surface area contributed by atoms with Crippen molar-refractivity contribution < 1.29 is 19.1 Å². The molecule has 1 aromatic rings. The smallest absolute Gasteiger partial charge is 0.389 e. The molecule has 0 aliphatic rings. The van der Waals surface area contributed by atoms with Gasteiger partial charge in [0.25, 0.3) is 0 Å². The number of carbonyl (C=O) groups is 1. The Labute approximate surface area is 67.2 Å². The molecule has 66 valence electrons. The second-order valence-corrected chi connectivity index (χ2v) is 1.88. The lowest BCUT2D eigenvalue weighted by Crippen LogP contribution is -2.32. The van der Waals surface area contributed by atoms with E-state index in [0.717, 1.165) is 0 Å². The quantitative estimate of drug-likeness (QED) is 0.457. The molecule has 0 fully saturated rings. The van der Waals surface area contributed by atoms with E-state index in [1.807, 2.05) is 0 Å². The topological polar surface area (TPSA) is 105 Å². The predicted molar refractivity (Wildman–Crippen MR) is 35.8 cm³/mol. The summed E-state index contributed by atoms with van der Waals surface area (Å²) in [5.41, 5.74) is 4.73. The van der Waals surface area contributed by atoms with E-state index in [4.69, 9.17) is 5.73 Å². The number of nitrogens with two attached hydrogens (primary N) is 1. The molecule has 12 heavy (non-hydrogen) atoms. The van der Waals surface area contributed by atoms with Crippen molar-refractivity contribution in [1.82, 2.24) is 5.16 Å². The summed E-state index contributed by atoms with van der Waals surface area (Å²) in [5, 5.41) is 13.7. The maximum atomic E-state index is 10.9. The van der Waals surface area contributed by atoms with Gasteiger partial charge in [-0.25, -0.2) is 4.79 Å². The molecule has 7 nitrogen and oxygen atoms in total. The molecule has 0 unspecified atom stereocenters. The molecule has 7 heteroatoms. The van der Waals surface area contributed by atoms with Gasteiger partial charge in [0.1, 0.15) is 0 Å². The number of hydrogen-bond acceptors (Lipinski definition) is 6. The highest BCUT2D eigenvalue weighted by Gasteiger charge is 2.25. The van der Waals surface area contributed by atoms with Crippen LogP contribution >= 0.6 is 0 Å². The fourth-order valence-electron chi connectivity index (χ4n) is 0.637. The molecule has 0 aliphatic carbocycles. The molecule has 0 amide bonds. The zero-order valence-electron chi connectivity index (χ0n) is 6.31. The monoisotopic (exact) mass is 173 g/mol. The summed E-state index contributed by atoms with van der Waals surface area (Å²) in [4.78, 5) is 10.8. The van der Waals surface area contributed by atoms with Gasteiger partial charge >= 0.3 is 17.5 Å². The Balaban J connectivity index is 2.93. The summed E-state index contributed by atoms with van der Waals surface area (Å²) >= 11 is 0. The van der Waals surface area contributed by atoms with E-state index < -0.39 is 11.7 Å². The first-order valence-corrected chi connectivity index (χ1v) is 3.19. The number of nitrogen functional groups attached to an aromatic ring is 1. The third-order valence-corrected chi connectivity index (χ3v) is 1.11. The van der Waals surface area contributed by atoms with Crippen LogP contribution in [0.5, 0.6) is 0 Å². The van der Waals surface area contributed by atoms with Crippen LogP contribution in [-0.4, -0.2) is 17.7 Å². The van der Waals surface area contributed by atoms with E-state index in [2.05, 4.69) is 14.5 Å². The lowest BCUT2D eigenvalue weighted by atomic mass is 10.4. The van der Waals surface area contributed by atoms with Crippen LogP contribution in [0.1, 0.15) is 17.4 Å². The minimum atomic E-state index is -0.841. The molecular weight excluding hydrogens is 166 g/mol. The average molecular weight is 173 g/mol. The van der Waals surface area contributed by atoms with Crippen molar-refractivity contribution in [2.24, 2.45) is 0 Å². The van der Waals surface area contributed by atoms with Crippen molar-refractivity contribution in [2.75, 3.05) is 12.3 Å². The van der Waals surface area contributed by atoms with Crippen LogP contribution in [0.25, 0.3) is 0 Å². The van der Waals surface area contributed by atoms with E-state index in [1.54, 1.807) is 6.92 Å².